The Labute approximate surface area is 134 Å². The smallest absolute Gasteiger partial charge is 0.293 e. The maximum Gasteiger partial charge on any atom is 0.293 e. The summed E-state index contributed by atoms with van der Waals surface area (Å²) in [4.78, 5) is 25.5. The van der Waals surface area contributed by atoms with Crippen LogP contribution in [0.5, 0.6) is 0 Å². The van der Waals surface area contributed by atoms with Crippen LogP contribution < -0.4 is 0 Å². The lowest BCUT2D eigenvalue weighted by Gasteiger charge is -2.14. The molecular formula is C15H9ClFNO3S. The lowest BCUT2D eigenvalue weighted by Crippen LogP contribution is -2.28. The molecule has 1 aromatic carbocycles. The van der Waals surface area contributed by atoms with Crippen LogP contribution in [0.2, 0.25) is 5.02 Å². The zero-order chi connectivity index (χ0) is 15.7. The lowest BCUT2D eigenvalue weighted by atomic mass is 10.2. The number of halogens is 2. The van der Waals surface area contributed by atoms with Crippen molar-refractivity contribution in [2.45, 2.75) is 6.54 Å². The fourth-order valence-electron chi connectivity index (χ4n) is 1.98. The molecule has 0 saturated carbocycles. The molecule has 0 unspecified atom stereocenters. The van der Waals surface area contributed by atoms with Gasteiger partial charge in [-0.3, -0.25) is 14.5 Å². The van der Waals surface area contributed by atoms with Gasteiger partial charge < -0.3 is 4.42 Å². The van der Waals surface area contributed by atoms with E-state index >= 15 is 0 Å². The lowest BCUT2D eigenvalue weighted by molar-refractivity contribution is -0.123. The Bertz CT molecular complexity index is 753. The number of hydrogen-bond acceptors (Lipinski definition) is 4. The molecule has 1 fully saturated rings. The van der Waals surface area contributed by atoms with Crippen LogP contribution in [0.15, 0.2) is 45.9 Å². The van der Waals surface area contributed by atoms with Gasteiger partial charge in [0, 0.05) is 16.7 Å². The normalized spacial score (nSPS) is 16.8. The summed E-state index contributed by atoms with van der Waals surface area (Å²) in [5, 5.41) is -0.295. The van der Waals surface area contributed by atoms with Gasteiger partial charge >= 0.3 is 0 Å². The Kier molecular flexibility index (Phi) is 4.04. The molecule has 3 rings (SSSR count). The quantitative estimate of drug-likeness (QED) is 0.783. The molecule has 2 aromatic rings. The van der Waals surface area contributed by atoms with E-state index < -0.39 is 17.0 Å². The molecule has 2 amide bonds. The van der Waals surface area contributed by atoms with Crippen molar-refractivity contribution in [3.8, 4) is 0 Å². The van der Waals surface area contributed by atoms with Gasteiger partial charge in [0.2, 0.25) is 0 Å². The molecular weight excluding hydrogens is 329 g/mol. The summed E-state index contributed by atoms with van der Waals surface area (Å²) in [6.45, 7) is -0.203. The molecule has 1 aromatic heterocycles. The second-order valence-corrected chi connectivity index (χ2v) is 5.88. The predicted octanol–water partition coefficient (Wildman–Crippen LogP) is 4.31. The number of benzene rings is 1. The molecule has 1 saturated heterocycles. The highest BCUT2D eigenvalue weighted by Gasteiger charge is 2.36. The van der Waals surface area contributed by atoms with Gasteiger partial charge in [-0.1, -0.05) is 17.7 Å². The number of furan rings is 1. The van der Waals surface area contributed by atoms with E-state index in [9.17, 15) is 14.0 Å². The van der Waals surface area contributed by atoms with Gasteiger partial charge in [-0.2, -0.15) is 0 Å². The fraction of sp³-hybridized carbons (Fsp3) is 0.0667. The first-order chi connectivity index (χ1) is 10.6. The Hall–Kier alpha value is -2.05. The highest BCUT2D eigenvalue weighted by atomic mass is 35.5. The van der Waals surface area contributed by atoms with E-state index in [2.05, 4.69) is 0 Å². The van der Waals surface area contributed by atoms with Gasteiger partial charge in [0.25, 0.3) is 11.1 Å². The third-order valence-electron chi connectivity index (χ3n) is 3.07. The first-order valence-electron chi connectivity index (χ1n) is 6.28. The van der Waals surface area contributed by atoms with E-state index in [1.807, 2.05) is 0 Å². The molecule has 4 nitrogen and oxygen atoms in total. The summed E-state index contributed by atoms with van der Waals surface area (Å²) >= 11 is 6.71. The summed E-state index contributed by atoms with van der Waals surface area (Å²) < 4.78 is 18.9. The molecule has 7 heteroatoms. The van der Waals surface area contributed by atoms with Gasteiger partial charge in [-0.25, -0.2) is 4.39 Å². The number of nitrogens with zero attached hydrogens (tertiary/aromatic N) is 1. The van der Waals surface area contributed by atoms with E-state index in [4.69, 9.17) is 16.0 Å². The molecule has 1 aliphatic rings. The maximum absolute atomic E-state index is 13.8. The summed E-state index contributed by atoms with van der Waals surface area (Å²) in [6.07, 6.45) is 2.95. The molecule has 0 aliphatic carbocycles. The van der Waals surface area contributed by atoms with Gasteiger partial charge in [0.05, 0.1) is 17.7 Å². The highest BCUT2D eigenvalue weighted by Crippen LogP contribution is 2.34. The van der Waals surface area contributed by atoms with Crippen LogP contribution in [0.25, 0.3) is 6.08 Å². The van der Waals surface area contributed by atoms with Crippen molar-refractivity contribution < 1.29 is 18.4 Å². The van der Waals surface area contributed by atoms with Crippen molar-refractivity contribution in [3.05, 3.63) is 63.7 Å². The van der Waals surface area contributed by atoms with Crippen LogP contribution in [-0.2, 0) is 11.3 Å². The number of hydrogen-bond donors (Lipinski definition) is 0. The van der Waals surface area contributed by atoms with E-state index in [0.717, 1.165) is 16.7 Å². The molecule has 22 heavy (non-hydrogen) atoms. The SMILES string of the molecule is O=C1S/C(=C/c2ccco2)C(=O)N1Cc1c(F)cccc1Cl. The van der Waals surface area contributed by atoms with Gasteiger partial charge in [-0.05, 0) is 36.0 Å². The van der Waals surface area contributed by atoms with E-state index in [0.29, 0.717) is 5.76 Å². The predicted molar refractivity (Wildman–Crippen MR) is 81.6 cm³/mol. The zero-order valence-electron chi connectivity index (χ0n) is 11.1. The van der Waals surface area contributed by atoms with Gasteiger partial charge in [0.1, 0.15) is 11.6 Å². The number of amides is 2. The zero-order valence-corrected chi connectivity index (χ0v) is 12.7. The topological polar surface area (TPSA) is 50.5 Å². The summed E-state index contributed by atoms with van der Waals surface area (Å²) in [7, 11) is 0. The van der Waals surface area contributed by atoms with Crippen molar-refractivity contribution in [2.24, 2.45) is 0 Å². The Morgan fingerprint density at radius 2 is 2.09 bits per heavy atom. The molecule has 0 atom stereocenters. The summed E-state index contributed by atoms with van der Waals surface area (Å²) in [5.74, 6) is -0.582. The van der Waals surface area contributed by atoms with Crippen LogP contribution in [-0.4, -0.2) is 16.0 Å². The summed E-state index contributed by atoms with van der Waals surface area (Å²) in [6, 6.07) is 7.55. The molecule has 1 aliphatic heterocycles. The molecule has 112 valence electrons. The van der Waals surface area contributed by atoms with Crippen molar-refractivity contribution >= 4 is 40.6 Å². The first kappa shape index (κ1) is 14.9. The number of imide groups is 1. The number of carbonyl (C=O) groups is 2. The number of carbonyl (C=O) groups excluding carboxylic acids is 2. The highest BCUT2D eigenvalue weighted by molar-refractivity contribution is 8.18. The van der Waals surface area contributed by atoms with Crippen LogP contribution in [0.1, 0.15) is 11.3 Å². The Morgan fingerprint density at radius 3 is 2.77 bits per heavy atom. The average molecular weight is 338 g/mol. The van der Waals surface area contributed by atoms with Crippen LogP contribution >= 0.6 is 23.4 Å². The molecule has 2 heterocycles. The minimum Gasteiger partial charge on any atom is -0.465 e. The van der Waals surface area contributed by atoms with Crippen LogP contribution in [0, 0.1) is 5.82 Å². The number of rotatable bonds is 3. The average Bonchev–Trinajstić information content (AvgIpc) is 3.06. The van der Waals surface area contributed by atoms with Crippen molar-refractivity contribution in [1.29, 1.82) is 0 Å². The third-order valence-corrected chi connectivity index (χ3v) is 4.33. The van der Waals surface area contributed by atoms with E-state index in [-0.39, 0.29) is 22.0 Å². The van der Waals surface area contributed by atoms with E-state index in [1.165, 1.54) is 30.5 Å². The minimum atomic E-state index is -0.554. The maximum atomic E-state index is 13.8. The first-order valence-corrected chi connectivity index (χ1v) is 7.47. The Morgan fingerprint density at radius 1 is 1.27 bits per heavy atom. The number of thioether (sulfide) groups is 1. The second-order valence-electron chi connectivity index (χ2n) is 4.48. The van der Waals surface area contributed by atoms with Gasteiger partial charge in [-0.15, -0.1) is 0 Å². The Balaban J connectivity index is 1.86. The second kappa shape index (κ2) is 5.98. The standard InChI is InChI=1S/C15H9ClFNO3S/c16-11-4-1-5-12(17)10(11)8-18-14(19)13(22-15(18)20)7-9-3-2-6-21-9/h1-7H,8H2/b13-7+. The van der Waals surface area contributed by atoms with E-state index in [1.54, 1.807) is 12.1 Å². The minimum absolute atomic E-state index is 0.116. The van der Waals surface area contributed by atoms with Crippen LogP contribution in [0.3, 0.4) is 0 Å². The fourth-order valence-corrected chi connectivity index (χ4v) is 3.02. The van der Waals surface area contributed by atoms with Crippen LogP contribution in [0.4, 0.5) is 9.18 Å². The largest absolute Gasteiger partial charge is 0.465 e. The molecule has 0 bridgehead atoms. The van der Waals surface area contributed by atoms with Gasteiger partial charge in [0.15, 0.2) is 0 Å². The molecule has 0 spiro atoms. The third kappa shape index (κ3) is 2.80. The van der Waals surface area contributed by atoms with Crippen molar-refractivity contribution in [3.63, 3.8) is 0 Å². The molecule has 0 N–H and O–H groups in total. The summed E-state index contributed by atoms with van der Waals surface area (Å²) in [5.41, 5.74) is 0.116. The monoisotopic (exact) mass is 337 g/mol. The van der Waals surface area contributed by atoms with Crippen molar-refractivity contribution in [2.75, 3.05) is 0 Å². The van der Waals surface area contributed by atoms with Crippen molar-refractivity contribution in [1.82, 2.24) is 4.90 Å². The molecule has 0 radical (unpaired) electrons.